The van der Waals surface area contributed by atoms with Crippen LogP contribution in [0.3, 0.4) is 0 Å². The number of hydrogen-bond donors (Lipinski definition) is 2. The van der Waals surface area contributed by atoms with E-state index in [0.29, 0.717) is 5.92 Å². The minimum Gasteiger partial charge on any atom is -0.394 e. The molecule has 0 aliphatic carbocycles. The predicted molar refractivity (Wildman–Crippen MR) is 64.9 cm³/mol. The molecule has 0 saturated carbocycles. The Labute approximate surface area is 97.5 Å². The first-order chi connectivity index (χ1) is 7.38. The zero-order chi connectivity index (χ0) is 12.3. The highest BCUT2D eigenvalue weighted by atomic mass is 16.3. The van der Waals surface area contributed by atoms with E-state index >= 15 is 0 Å². The molecule has 1 heterocycles. The van der Waals surface area contributed by atoms with Crippen LogP contribution in [0.4, 0.5) is 0 Å². The van der Waals surface area contributed by atoms with Crippen LogP contribution in [0, 0.1) is 11.3 Å². The van der Waals surface area contributed by atoms with Crippen LogP contribution in [0.15, 0.2) is 12.5 Å². The van der Waals surface area contributed by atoms with E-state index in [1.54, 1.807) is 12.5 Å². The van der Waals surface area contributed by atoms with Crippen molar-refractivity contribution >= 4 is 0 Å². The molecule has 0 bridgehead atoms. The van der Waals surface area contributed by atoms with Gasteiger partial charge in [-0.25, -0.2) is 4.98 Å². The molecule has 1 rings (SSSR count). The molecule has 92 valence electrons. The summed E-state index contributed by atoms with van der Waals surface area (Å²) in [5, 5.41) is 9.07. The second-order valence-electron chi connectivity index (χ2n) is 5.38. The highest BCUT2D eigenvalue weighted by molar-refractivity contribution is 5.05. The van der Waals surface area contributed by atoms with Gasteiger partial charge in [-0.3, -0.25) is 0 Å². The minimum atomic E-state index is -0.342. The van der Waals surface area contributed by atoms with E-state index in [1.807, 2.05) is 4.57 Å². The van der Waals surface area contributed by atoms with E-state index in [4.69, 9.17) is 10.8 Å². The van der Waals surface area contributed by atoms with Crippen LogP contribution >= 0.6 is 0 Å². The number of rotatable bonds is 5. The van der Waals surface area contributed by atoms with Gasteiger partial charge in [0, 0.05) is 12.7 Å². The Morgan fingerprint density at radius 1 is 1.50 bits per heavy atom. The summed E-state index contributed by atoms with van der Waals surface area (Å²) in [7, 11) is 0. The van der Waals surface area contributed by atoms with Crippen LogP contribution < -0.4 is 5.73 Å². The molecular formula is C12H23N3O. The lowest BCUT2D eigenvalue weighted by atomic mass is 9.81. The smallest absolute Gasteiger partial charge is 0.0948 e. The van der Waals surface area contributed by atoms with Crippen LogP contribution in [0.5, 0.6) is 0 Å². The third kappa shape index (κ3) is 2.83. The normalized spacial score (nSPS) is 14.4. The van der Waals surface area contributed by atoms with Crippen molar-refractivity contribution in [3.63, 3.8) is 0 Å². The molecule has 0 saturated heterocycles. The van der Waals surface area contributed by atoms with Crippen molar-refractivity contribution in [1.82, 2.24) is 9.55 Å². The standard InChI is InChI=1S/C12H23N3O/c1-9(2)12(3,4)7-15-8-14-5-11(15)10(13)6-16/h5,8-10,16H,6-7,13H2,1-4H3. The van der Waals surface area contributed by atoms with E-state index in [1.165, 1.54) is 0 Å². The summed E-state index contributed by atoms with van der Waals surface area (Å²) >= 11 is 0. The van der Waals surface area contributed by atoms with Crippen molar-refractivity contribution in [2.75, 3.05) is 6.61 Å². The molecular weight excluding hydrogens is 202 g/mol. The fourth-order valence-electron chi connectivity index (χ4n) is 1.49. The highest BCUT2D eigenvalue weighted by Gasteiger charge is 2.24. The zero-order valence-corrected chi connectivity index (χ0v) is 10.6. The average molecular weight is 225 g/mol. The molecule has 3 N–H and O–H groups in total. The lowest BCUT2D eigenvalue weighted by Crippen LogP contribution is -2.28. The van der Waals surface area contributed by atoms with E-state index in [2.05, 4.69) is 32.7 Å². The molecule has 0 aromatic carbocycles. The molecule has 1 aromatic heterocycles. The van der Waals surface area contributed by atoms with Gasteiger partial charge in [0.1, 0.15) is 0 Å². The van der Waals surface area contributed by atoms with Crippen LogP contribution in [0.25, 0.3) is 0 Å². The molecule has 0 aliphatic heterocycles. The third-order valence-electron chi connectivity index (χ3n) is 3.46. The summed E-state index contributed by atoms with van der Waals surface area (Å²) in [6.45, 7) is 9.70. The maximum Gasteiger partial charge on any atom is 0.0948 e. The average Bonchev–Trinajstić information content (AvgIpc) is 2.63. The molecule has 0 aliphatic rings. The Kier molecular flexibility index (Phi) is 4.10. The number of aliphatic hydroxyl groups is 1. The van der Waals surface area contributed by atoms with Gasteiger partial charge >= 0.3 is 0 Å². The van der Waals surface area contributed by atoms with Gasteiger partial charge in [-0.1, -0.05) is 27.7 Å². The van der Waals surface area contributed by atoms with Crippen molar-refractivity contribution in [3.8, 4) is 0 Å². The first-order valence-corrected chi connectivity index (χ1v) is 5.75. The van der Waals surface area contributed by atoms with Crippen molar-refractivity contribution in [3.05, 3.63) is 18.2 Å². The minimum absolute atomic E-state index is 0.0478. The Morgan fingerprint density at radius 3 is 2.62 bits per heavy atom. The number of hydrogen-bond acceptors (Lipinski definition) is 3. The molecule has 4 nitrogen and oxygen atoms in total. The van der Waals surface area contributed by atoms with Crippen LogP contribution in [0.1, 0.15) is 39.4 Å². The van der Waals surface area contributed by atoms with Gasteiger partial charge in [0.05, 0.1) is 24.7 Å². The number of nitrogens with two attached hydrogens (primary N) is 1. The van der Waals surface area contributed by atoms with Crippen molar-refractivity contribution in [1.29, 1.82) is 0 Å². The van der Waals surface area contributed by atoms with E-state index in [0.717, 1.165) is 12.2 Å². The summed E-state index contributed by atoms with van der Waals surface area (Å²) in [6, 6.07) is -0.342. The van der Waals surface area contributed by atoms with Crippen LogP contribution in [-0.2, 0) is 6.54 Å². The summed E-state index contributed by atoms with van der Waals surface area (Å²) < 4.78 is 2.04. The van der Waals surface area contributed by atoms with Gasteiger partial charge in [-0.15, -0.1) is 0 Å². The fraction of sp³-hybridized carbons (Fsp3) is 0.750. The van der Waals surface area contributed by atoms with E-state index in [-0.39, 0.29) is 18.1 Å². The topological polar surface area (TPSA) is 64.1 Å². The second-order valence-corrected chi connectivity index (χ2v) is 5.38. The van der Waals surface area contributed by atoms with E-state index in [9.17, 15) is 0 Å². The summed E-state index contributed by atoms with van der Waals surface area (Å²) in [5.41, 5.74) is 6.91. The number of nitrogens with zero attached hydrogens (tertiary/aromatic N) is 2. The Bertz CT molecular complexity index is 331. The lowest BCUT2D eigenvalue weighted by molar-refractivity contribution is 0.202. The quantitative estimate of drug-likeness (QED) is 0.799. The molecule has 0 spiro atoms. The number of imidazole rings is 1. The molecule has 0 radical (unpaired) electrons. The number of aliphatic hydroxyl groups excluding tert-OH is 1. The summed E-state index contributed by atoms with van der Waals surface area (Å²) in [6.07, 6.45) is 3.52. The molecule has 1 unspecified atom stereocenters. The van der Waals surface area contributed by atoms with Gasteiger partial charge in [-0.2, -0.15) is 0 Å². The third-order valence-corrected chi connectivity index (χ3v) is 3.46. The predicted octanol–water partition coefficient (Wildman–Crippen LogP) is 1.56. The molecule has 0 amide bonds. The SMILES string of the molecule is CC(C)C(C)(C)Cn1cncc1C(N)CO. The first kappa shape index (κ1) is 13.2. The van der Waals surface area contributed by atoms with Gasteiger partial charge in [0.15, 0.2) is 0 Å². The Morgan fingerprint density at radius 2 is 2.12 bits per heavy atom. The summed E-state index contributed by atoms with van der Waals surface area (Å²) in [4.78, 5) is 4.11. The largest absolute Gasteiger partial charge is 0.394 e. The molecule has 0 fully saturated rings. The van der Waals surface area contributed by atoms with Gasteiger partial charge in [-0.05, 0) is 11.3 Å². The fourth-order valence-corrected chi connectivity index (χ4v) is 1.49. The monoisotopic (exact) mass is 225 g/mol. The Balaban J connectivity index is 2.86. The maximum atomic E-state index is 9.07. The van der Waals surface area contributed by atoms with Gasteiger partial charge in [0.25, 0.3) is 0 Å². The lowest BCUT2D eigenvalue weighted by Gasteiger charge is -2.30. The van der Waals surface area contributed by atoms with Crippen LogP contribution in [0.2, 0.25) is 0 Å². The number of aromatic nitrogens is 2. The maximum absolute atomic E-state index is 9.07. The second kappa shape index (κ2) is 4.97. The van der Waals surface area contributed by atoms with Crippen molar-refractivity contribution in [2.24, 2.45) is 17.1 Å². The highest BCUT2D eigenvalue weighted by Crippen LogP contribution is 2.29. The molecule has 16 heavy (non-hydrogen) atoms. The zero-order valence-electron chi connectivity index (χ0n) is 10.6. The summed E-state index contributed by atoms with van der Waals surface area (Å²) in [5.74, 6) is 0.577. The van der Waals surface area contributed by atoms with Gasteiger partial charge < -0.3 is 15.4 Å². The first-order valence-electron chi connectivity index (χ1n) is 5.75. The van der Waals surface area contributed by atoms with E-state index < -0.39 is 0 Å². The Hall–Kier alpha value is -0.870. The van der Waals surface area contributed by atoms with Crippen molar-refractivity contribution < 1.29 is 5.11 Å². The van der Waals surface area contributed by atoms with Crippen LogP contribution in [-0.4, -0.2) is 21.3 Å². The molecule has 1 atom stereocenters. The molecule has 4 heteroatoms. The van der Waals surface area contributed by atoms with Gasteiger partial charge in [0.2, 0.25) is 0 Å². The van der Waals surface area contributed by atoms with Crippen molar-refractivity contribution in [2.45, 2.75) is 40.3 Å². The molecule has 1 aromatic rings.